The molecule has 1 aromatic rings. The quantitative estimate of drug-likeness (QED) is 0.774. The minimum Gasteiger partial charge on any atom is -0.494 e. The smallest absolute Gasteiger partial charge is 0.314 e. The summed E-state index contributed by atoms with van der Waals surface area (Å²) >= 11 is 0. The molecular weight excluding hydrogens is 320 g/mol. The van der Waals surface area contributed by atoms with Crippen molar-refractivity contribution in [2.45, 2.75) is 38.9 Å². The van der Waals surface area contributed by atoms with Crippen LogP contribution in [0.15, 0.2) is 54.0 Å². The summed E-state index contributed by atoms with van der Waals surface area (Å²) in [5.41, 5.74) is -0.515. The molecule has 0 amide bonds. The fraction of sp³-hybridized carbons (Fsp3) is 0.450. The van der Waals surface area contributed by atoms with E-state index in [1.54, 1.807) is 12.2 Å². The van der Waals surface area contributed by atoms with Gasteiger partial charge >= 0.3 is 5.97 Å². The van der Waals surface area contributed by atoms with Gasteiger partial charge in [0, 0.05) is 13.2 Å². The molecule has 25 heavy (non-hydrogen) atoms. The molecule has 0 aromatic heterocycles. The molecule has 5 heteroatoms. The Labute approximate surface area is 148 Å². The lowest BCUT2D eigenvalue weighted by Crippen LogP contribution is -2.45. The molecule has 1 N–H and O–H groups in total. The van der Waals surface area contributed by atoms with Gasteiger partial charge in [-0.25, -0.2) is 0 Å². The van der Waals surface area contributed by atoms with Gasteiger partial charge in [0.1, 0.15) is 17.4 Å². The topological polar surface area (TPSA) is 65.0 Å². The van der Waals surface area contributed by atoms with Gasteiger partial charge < -0.3 is 19.3 Å². The lowest BCUT2D eigenvalue weighted by molar-refractivity contribution is -0.154. The summed E-state index contributed by atoms with van der Waals surface area (Å²) in [6.45, 7) is 6.30. The maximum atomic E-state index is 12.1. The van der Waals surface area contributed by atoms with Crippen molar-refractivity contribution < 1.29 is 24.1 Å². The van der Waals surface area contributed by atoms with Gasteiger partial charge in [0.15, 0.2) is 5.60 Å². The van der Waals surface area contributed by atoms with E-state index in [1.165, 1.54) is 7.11 Å². The molecular formula is C20H26O5. The monoisotopic (exact) mass is 346 g/mol. The van der Waals surface area contributed by atoms with E-state index in [0.29, 0.717) is 18.1 Å². The summed E-state index contributed by atoms with van der Waals surface area (Å²) in [5.74, 6) is -1.03. The van der Waals surface area contributed by atoms with Crippen LogP contribution in [-0.4, -0.2) is 30.9 Å². The first-order valence-electron chi connectivity index (χ1n) is 8.52. The number of benzene rings is 1. The van der Waals surface area contributed by atoms with Crippen LogP contribution in [0.3, 0.4) is 0 Å². The number of carboxylic acids is 1. The molecule has 5 nitrogen and oxygen atoms in total. The van der Waals surface area contributed by atoms with Gasteiger partial charge in [-0.1, -0.05) is 37.3 Å². The zero-order valence-electron chi connectivity index (χ0n) is 15.2. The van der Waals surface area contributed by atoms with Crippen LogP contribution in [0.25, 0.3) is 0 Å². The molecule has 0 spiro atoms. The number of carbonyl (C=O) groups is 1. The molecule has 0 saturated carbocycles. The van der Waals surface area contributed by atoms with Crippen molar-refractivity contribution in [1.29, 1.82) is 0 Å². The Bertz CT molecular complexity index is 647. The van der Waals surface area contributed by atoms with Crippen LogP contribution in [0.4, 0.5) is 0 Å². The first kappa shape index (κ1) is 19.1. The molecule has 136 valence electrons. The lowest BCUT2D eigenvalue weighted by atomic mass is 9.76. The molecule has 2 unspecified atom stereocenters. The number of hydrogen-bond donors (Lipinski definition) is 1. The number of aliphatic carboxylic acids is 1. The van der Waals surface area contributed by atoms with Gasteiger partial charge in [-0.2, -0.15) is 0 Å². The minimum absolute atomic E-state index is 0.135. The Kier molecular flexibility index (Phi) is 6.26. The summed E-state index contributed by atoms with van der Waals surface area (Å²) in [5, 5.41) is 9.90. The molecule has 2 rings (SSSR count). The first-order chi connectivity index (χ1) is 12.0. The second kappa shape index (κ2) is 8.21. The van der Waals surface area contributed by atoms with Crippen LogP contribution >= 0.6 is 0 Å². The van der Waals surface area contributed by atoms with Gasteiger partial charge in [-0.05, 0) is 31.9 Å². The van der Waals surface area contributed by atoms with Crippen LogP contribution < -0.4 is 0 Å². The van der Waals surface area contributed by atoms with E-state index in [-0.39, 0.29) is 6.10 Å². The Hall–Kier alpha value is -2.27. The second-order valence-electron chi connectivity index (χ2n) is 6.21. The average molecular weight is 346 g/mol. The third kappa shape index (κ3) is 3.87. The fourth-order valence-corrected chi connectivity index (χ4v) is 3.00. The van der Waals surface area contributed by atoms with Crippen molar-refractivity contribution in [3.63, 3.8) is 0 Å². The van der Waals surface area contributed by atoms with E-state index in [0.717, 1.165) is 12.0 Å². The minimum atomic E-state index is -1.24. The number of carboxylic acid groups (broad SMARTS) is 1. The van der Waals surface area contributed by atoms with Gasteiger partial charge in [0.25, 0.3) is 0 Å². The third-order valence-electron chi connectivity index (χ3n) is 4.03. The second-order valence-corrected chi connectivity index (χ2v) is 6.21. The SMILES string of the molecule is CCCOC1=CC(C(=O)O)C(OC)(c2ccccc2)C(OC(C)C)=C1. The zero-order valence-corrected chi connectivity index (χ0v) is 15.2. The number of allylic oxidation sites excluding steroid dienone is 1. The highest BCUT2D eigenvalue weighted by atomic mass is 16.5. The molecule has 1 aliphatic rings. The van der Waals surface area contributed by atoms with Gasteiger partial charge in [0.2, 0.25) is 0 Å². The summed E-state index contributed by atoms with van der Waals surface area (Å²) < 4.78 is 17.5. The van der Waals surface area contributed by atoms with Crippen molar-refractivity contribution in [3.8, 4) is 0 Å². The lowest BCUT2D eigenvalue weighted by Gasteiger charge is -2.41. The number of methoxy groups -OCH3 is 1. The Morgan fingerprint density at radius 1 is 1.28 bits per heavy atom. The van der Waals surface area contributed by atoms with Gasteiger partial charge in [-0.3, -0.25) is 4.79 Å². The van der Waals surface area contributed by atoms with Crippen molar-refractivity contribution in [3.05, 3.63) is 59.6 Å². The summed E-state index contributed by atoms with van der Waals surface area (Å²) in [7, 11) is 1.51. The van der Waals surface area contributed by atoms with E-state index in [1.807, 2.05) is 51.1 Å². The summed E-state index contributed by atoms with van der Waals surface area (Å²) in [6, 6.07) is 9.29. The van der Waals surface area contributed by atoms with Gasteiger partial charge in [0.05, 0.1) is 12.7 Å². The van der Waals surface area contributed by atoms with E-state index >= 15 is 0 Å². The number of hydrogen-bond acceptors (Lipinski definition) is 4. The standard InChI is InChI=1S/C20H26O5/c1-5-11-24-16-12-17(19(21)22)20(23-4,15-9-7-6-8-10-15)18(13-16)25-14(2)3/h6-10,12-14,17H,5,11H2,1-4H3,(H,21,22). The van der Waals surface area contributed by atoms with Crippen LogP contribution in [-0.2, 0) is 24.6 Å². The molecule has 0 radical (unpaired) electrons. The average Bonchev–Trinajstić information content (AvgIpc) is 2.60. The molecule has 0 aliphatic heterocycles. The van der Waals surface area contributed by atoms with Crippen molar-refractivity contribution in [2.24, 2.45) is 5.92 Å². The van der Waals surface area contributed by atoms with Crippen molar-refractivity contribution in [2.75, 3.05) is 13.7 Å². The van der Waals surface area contributed by atoms with Crippen LogP contribution in [0, 0.1) is 5.92 Å². The van der Waals surface area contributed by atoms with Crippen LogP contribution in [0.5, 0.6) is 0 Å². The highest BCUT2D eigenvalue weighted by Crippen LogP contribution is 2.45. The van der Waals surface area contributed by atoms with E-state index in [4.69, 9.17) is 14.2 Å². The predicted molar refractivity (Wildman–Crippen MR) is 94.9 cm³/mol. The van der Waals surface area contributed by atoms with Crippen LogP contribution in [0.2, 0.25) is 0 Å². The molecule has 0 fully saturated rings. The maximum Gasteiger partial charge on any atom is 0.314 e. The highest BCUT2D eigenvalue weighted by molar-refractivity contribution is 5.76. The first-order valence-corrected chi connectivity index (χ1v) is 8.52. The number of ether oxygens (including phenoxy) is 3. The van der Waals surface area contributed by atoms with Crippen LogP contribution in [0.1, 0.15) is 32.8 Å². The molecule has 0 heterocycles. The Morgan fingerprint density at radius 3 is 2.48 bits per heavy atom. The highest BCUT2D eigenvalue weighted by Gasteiger charge is 2.51. The van der Waals surface area contributed by atoms with Crippen molar-refractivity contribution >= 4 is 5.97 Å². The molecule has 2 atom stereocenters. The normalized spacial score (nSPS) is 23.0. The number of rotatable bonds is 8. The molecule has 1 aromatic carbocycles. The van der Waals surface area contributed by atoms with E-state index in [9.17, 15) is 9.90 Å². The maximum absolute atomic E-state index is 12.1. The van der Waals surface area contributed by atoms with Crippen molar-refractivity contribution in [1.82, 2.24) is 0 Å². The molecule has 0 saturated heterocycles. The largest absolute Gasteiger partial charge is 0.494 e. The summed E-state index contributed by atoms with van der Waals surface area (Å²) in [4.78, 5) is 12.1. The van der Waals surface area contributed by atoms with E-state index < -0.39 is 17.5 Å². The molecule has 1 aliphatic carbocycles. The fourth-order valence-electron chi connectivity index (χ4n) is 3.00. The molecule has 0 bridgehead atoms. The van der Waals surface area contributed by atoms with E-state index in [2.05, 4.69) is 0 Å². The van der Waals surface area contributed by atoms with Gasteiger partial charge in [-0.15, -0.1) is 0 Å². The predicted octanol–water partition coefficient (Wildman–Crippen LogP) is 3.86. The third-order valence-corrected chi connectivity index (χ3v) is 4.03. The Morgan fingerprint density at radius 2 is 1.96 bits per heavy atom. The zero-order chi connectivity index (χ0) is 18.4. The Balaban J connectivity index is 2.61. The summed E-state index contributed by atoms with van der Waals surface area (Å²) in [6.07, 6.45) is 4.04.